The van der Waals surface area contributed by atoms with E-state index in [0.717, 1.165) is 24.5 Å². The standard InChI is InChI=1S/C10H16N4/c11-7-1-3-8(4-2-7)14-10-6-13-5-9(10)12/h1-4,9-10,13-14H,5-6,11-12H2. The summed E-state index contributed by atoms with van der Waals surface area (Å²) in [6.07, 6.45) is 0. The molecule has 1 aromatic rings. The largest absolute Gasteiger partial charge is 0.399 e. The number of hydrogen-bond donors (Lipinski definition) is 4. The Morgan fingerprint density at radius 3 is 2.50 bits per heavy atom. The Morgan fingerprint density at radius 1 is 1.21 bits per heavy atom. The zero-order chi connectivity index (χ0) is 9.97. The zero-order valence-electron chi connectivity index (χ0n) is 8.03. The molecule has 0 aromatic heterocycles. The van der Waals surface area contributed by atoms with E-state index in [1.807, 2.05) is 24.3 Å². The van der Waals surface area contributed by atoms with E-state index in [4.69, 9.17) is 11.5 Å². The molecular formula is C10H16N4. The highest BCUT2D eigenvalue weighted by molar-refractivity contribution is 5.52. The summed E-state index contributed by atoms with van der Waals surface area (Å²) >= 11 is 0. The number of hydrogen-bond acceptors (Lipinski definition) is 4. The highest BCUT2D eigenvalue weighted by atomic mass is 15.1. The Hall–Kier alpha value is -1.26. The summed E-state index contributed by atoms with van der Waals surface area (Å²) < 4.78 is 0. The van der Waals surface area contributed by atoms with Gasteiger partial charge >= 0.3 is 0 Å². The summed E-state index contributed by atoms with van der Waals surface area (Å²) in [5.41, 5.74) is 13.4. The molecule has 1 aliphatic rings. The van der Waals surface area contributed by atoms with Crippen LogP contribution in [-0.2, 0) is 0 Å². The molecule has 0 aliphatic carbocycles. The monoisotopic (exact) mass is 192 g/mol. The molecule has 0 spiro atoms. The summed E-state index contributed by atoms with van der Waals surface area (Å²) in [7, 11) is 0. The maximum Gasteiger partial charge on any atom is 0.0549 e. The van der Waals surface area contributed by atoms with Gasteiger partial charge in [0.1, 0.15) is 0 Å². The molecule has 2 unspecified atom stereocenters. The van der Waals surface area contributed by atoms with Gasteiger partial charge in [-0.2, -0.15) is 0 Å². The Labute approximate surface area is 83.7 Å². The van der Waals surface area contributed by atoms with Gasteiger partial charge in [0.25, 0.3) is 0 Å². The lowest BCUT2D eigenvalue weighted by molar-refractivity contribution is 0.678. The van der Waals surface area contributed by atoms with Gasteiger partial charge in [-0.15, -0.1) is 0 Å². The van der Waals surface area contributed by atoms with Crippen molar-refractivity contribution in [2.75, 3.05) is 24.1 Å². The summed E-state index contributed by atoms with van der Waals surface area (Å²) in [6.45, 7) is 1.80. The molecule has 0 bridgehead atoms. The number of nitrogens with one attached hydrogen (secondary N) is 2. The third-order valence-electron chi connectivity index (χ3n) is 2.52. The molecule has 6 N–H and O–H groups in total. The van der Waals surface area contributed by atoms with Crippen LogP contribution < -0.4 is 22.1 Å². The van der Waals surface area contributed by atoms with Gasteiger partial charge in [-0.25, -0.2) is 0 Å². The van der Waals surface area contributed by atoms with Crippen molar-refractivity contribution >= 4 is 11.4 Å². The van der Waals surface area contributed by atoms with Crippen LogP contribution in [0.25, 0.3) is 0 Å². The van der Waals surface area contributed by atoms with Crippen LogP contribution in [0.15, 0.2) is 24.3 Å². The average molecular weight is 192 g/mol. The van der Waals surface area contributed by atoms with Crippen molar-refractivity contribution in [1.82, 2.24) is 5.32 Å². The van der Waals surface area contributed by atoms with E-state index in [0.29, 0.717) is 6.04 Å². The van der Waals surface area contributed by atoms with Gasteiger partial charge < -0.3 is 22.1 Å². The molecule has 14 heavy (non-hydrogen) atoms. The van der Waals surface area contributed by atoms with Crippen molar-refractivity contribution in [3.05, 3.63) is 24.3 Å². The third kappa shape index (κ3) is 1.97. The predicted octanol–water partition coefficient (Wildman–Crippen LogP) is -0.0202. The van der Waals surface area contributed by atoms with Gasteiger partial charge in [-0.05, 0) is 24.3 Å². The van der Waals surface area contributed by atoms with E-state index in [-0.39, 0.29) is 6.04 Å². The number of nitrogen functional groups attached to an aromatic ring is 1. The maximum atomic E-state index is 5.91. The molecule has 1 aromatic carbocycles. The van der Waals surface area contributed by atoms with E-state index in [1.54, 1.807) is 0 Å². The van der Waals surface area contributed by atoms with Crippen LogP contribution in [0.2, 0.25) is 0 Å². The highest BCUT2D eigenvalue weighted by Gasteiger charge is 2.22. The predicted molar refractivity (Wildman–Crippen MR) is 59.1 cm³/mol. The molecular weight excluding hydrogens is 176 g/mol. The second-order valence-corrected chi connectivity index (χ2v) is 3.69. The van der Waals surface area contributed by atoms with E-state index in [1.165, 1.54) is 0 Å². The van der Waals surface area contributed by atoms with Crippen LogP contribution >= 0.6 is 0 Å². The summed E-state index contributed by atoms with van der Waals surface area (Å²) in [5.74, 6) is 0. The third-order valence-corrected chi connectivity index (χ3v) is 2.52. The molecule has 0 amide bonds. The van der Waals surface area contributed by atoms with Crippen LogP contribution in [0.1, 0.15) is 0 Å². The fourth-order valence-electron chi connectivity index (χ4n) is 1.65. The molecule has 0 saturated carbocycles. The number of benzene rings is 1. The van der Waals surface area contributed by atoms with Crippen molar-refractivity contribution in [2.45, 2.75) is 12.1 Å². The van der Waals surface area contributed by atoms with Crippen molar-refractivity contribution in [3.63, 3.8) is 0 Å². The second-order valence-electron chi connectivity index (χ2n) is 3.69. The van der Waals surface area contributed by atoms with Crippen LogP contribution in [0.4, 0.5) is 11.4 Å². The SMILES string of the molecule is Nc1ccc(NC2CNCC2N)cc1. The number of rotatable bonds is 2. The van der Waals surface area contributed by atoms with E-state index < -0.39 is 0 Å². The van der Waals surface area contributed by atoms with Gasteiger partial charge in [-0.1, -0.05) is 0 Å². The molecule has 1 heterocycles. The molecule has 1 saturated heterocycles. The molecule has 2 rings (SSSR count). The Bertz CT molecular complexity index is 295. The molecule has 1 fully saturated rings. The fourth-order valence-corrected chi connectivity index (χ4v) is 1.65. The first-order valence-electron chi connectivity index (χ1n) is 4.84. The summed E-state index contributed by atoms with van der Waals surface area (Å²) in [6, 6.07) is 8.22. The number of anilines is 2. The molecule has 1 aliphatic heterocycles. The maximum absolute atomic E-state index is 5.91. The smallest absolute Gasteiger partial charge is 0.0549 e. The quantitative estimate of drug-likeness (QED) is 0.497. The Morgan fingerprint density at radius 2 is 1.93 bits per heavy atom. The highest BCUT2D eigenvalue weighted by Crippen LogP contribution is 2.13. The Kier molecular flexibility index (Phi) is 2.56. The second kappa shape index (κ2) is 3.86. The van der Waals surface area contributed by atoms with Gasteiger partial charge in [0.05, 0.1) is 6.04 Å². The van der Waals surface area contributed by atoms with Crippen LogP contribution in [0.3, 0.4) is 0 Å². The average Bonchev–Trinajstić information content (AvgIpc) is 2.56. The topological polar surface area (TPSA) is 76.1 Å². The lowest BCUT2D eigenvalue weighted by Gasteiger charge is -2.17. The lowest BCUT2D eigenvalue weighted by Crippen LogP contribution is -2.38. The first kappa shape index (κ1) is 9.30. The minimum atomic E-state index is 0.188. The van der Waals surface area contributed by atoms with Crippen molar-refractivity contribution in [1.29, 1.82) is 0 Å². The molecule has 4 nitrogen and oxygen atoms in total. The van der Waals surface area contributed by atoms with E-state index in [2.05, 4.69) is 10.6 Å². The minimum absolute atomic E-state index is 0.188. The molecule has 4 heteroatoms. The van der Waals surface area contributed by atoms with Gasteiger partial charge in [0, 0.05) is 30.5 Å². The summed E-state index contributed by atoms with van der Waals surface area (Å²) in [5, 5.41) is 6.62. The van der Waals surface area contributed by atoms with Crippen LogP contribution in [-0.4, -0.2) is 25.2 Å². The Balaban J connectivity index is 2.00. The fraction of sp³-hybridized carbons (Fsp3) is 0.400. The van der Waals surface area contributed by atoms with Crippen molar-refractivity contribution in [3.8, 4) is 0 Å². The number of nitrogens with two attached hydrogens (primary N) is 2. The van der Waals surface area contributed by atoms with E-state index >= 15 is 0 Å². The first-order chi connectivity index (χ1) is 6.75. The van der Waals surface area contributed by atoms with Crippen LogP contribution in [0, 0.1) is 0 Å². The van der Waals surface area contributed by atoms with Crippen molar-refractivity contribution < 1.29 is 0 Å². The normalized spacial score (nSPS) is 26.4. The van der Waals surface area contributed by atoms with Crippen LogP contribution in [0.5, 0.6) is 0 Å². The molecule has 76 valence electrons. The zero-order valence-corrected chi connectivity index (χ0v) is 8.03. The van der Waals surface area contributed by atoms with Gasteiger partial charge in [0.2, 0.25) is 0 Å². The van der Waals surface area contributed by atoms with Gasteiger partial charge in [-0.3, -0.25) is 0 Å². The van der Waals surface area contributed by atoms with Crippen molar-refractivity contribution in [2.24, 2.45) is 5.73 Å². The molecule has 0 radical (unpaired) electrons. The first-order valence-corrected chi connectivity index (χ1v) is 4.84. The molecule has 2 atom stereocenters. The minimum Gasteiger partial charge on any atom is -0.399 e. The van der Waals surface area contributed by atoms with E-state index in [9.17, 15) is 0 Å². The summed E-state index contributed by atoms with van der Waals surface area (Å²) in [4.78, 5) is 0. The lowest BCUT2D eigenvalue weighted by atomic mass is 10.1. The van der Waals surface area contributed by atoms with Gasteiger partial charge in [0.15, 0.2) is 0 Å².